The zero-order valence-electron chi connectivity index (χ0n) is 40.1. The van der Waals surface area contributed by atoms with E-state index in [1.165, 1.54) is 44.5 Å². The average Bonchev–Trinajstić information content (AvgIpc) is 3.74. The van der Waals surface area contributed by atoms with Crippen LogP contribution in [0.5, 0.6) is 0 Å². The van der Waals surface area contributed by atoms with Crippen LogP contribution in [0, 0.1) is 27.7 Å². The number of benzene rings is 9. The Balaban J connectivity index is 1.15. The summed E-state index contributed by atoms with van der Waals surface area (Å²) in [6.45, 7) is 8.72. The Morgan fingerprint density at radius 1 is 0.282 bits per heavy atom. The summed E-state index contributed by atoms with van der Waals surface area (Å²) in [5.74, 6) is 1.21. The minimum atomic E-state index is 0.596. The first-order valence-corrected chi connectivity index (χ1v) is 24.2. The number of aryl methyl sites for hydroxylation is 4. The number of rotatable bonds is 9. The van der Waals surface area contributed by atoms with Crippen molar-refractivity contribution in [1.29, 1.82) is 0 Å². The van der Waals surface area contributed by atoms with Crippen molar-refractivity contribution in [2.24, 2.45) is 0 Å². The zero-order chi connectivity index (χ0) is 48.0. The standard InChI is InChI=1S/C66H49N5/c1-42-25-30-53(44(3)35-42)50-27-32-62-55(37-50)56-38-51(54-31-26-43(2)36-45(54)4)28-33-63(56)71(62)64-34-29-52(65-67-58(46-17-9-5-10-18-46)40-59(68-65)47-19-11-6-12-20-47)39-57(64)66-69-60(48-21-13-7-14-22-48)41-61(70-66)49-23-15-8-16-24-49/h5-41H,1-4H3. The van der Waals surface area contributed by atoms with Gasteiger partial charge in [-0.25, -0.2) is 19.9 Å². The molecule has 12 rings (SSSR count). The predicted octanol–water partition coefficient (Wildman–Crippen LogP) is 16.9. The second-order valence-corrected chi connectivity index (χ2v) is 18.6. The molecule has 71 heavy (non-hydrogen) atoms. The highest BCUT2D eigenvalue weighted by molar-refractivity contribution is 6.12. The SMILES string of the molecule is Cc1ccc(-c2ccc3c(c2)c2cc(-c4ccc(C)cc4C)ccc2n3-c2ccc(-c3nc(-c4ccccc4)cc(-c4ccccc4)n3)cc2-c2nc(-c3ccccc3)cc(-c3ccccc3)n2)c(C)c1. The topological polar surface area (TPSA) is 56.5 Å². The van der Waals surface area contributed by atoms with Crippen LogP contribution in [0.25, 0.3) is 118 Å². The van der Waals surface area contributed by atoms with Crippen molar-refractivity contribution < 1.29 is 0 Å². The molecule has 0 saturated carbocycles. The van der Waals surface area contributed by atoms with Crippen LogP contribution in [-0.4, -0.2) is 24.5 Å². The van der Waals surface area contributed by atoms with Gasteiger partial charge in [0, 0.05) is 44.2 Å². The molecule has 0 aliphatic carbocycles. The third kappa shape index (κ3) is 8.28. The molecule has 12 aromatic rings. The number of fused-ring (bicyclic) bond motifs is 3. The number of hydrogen-bond donors (Lipinski definition) is 0. The van der Waals surface area contributed by atoms with Crippen LogP contribution >= 0.6 is 0 Å². The number of nitrogens with zero attached hydrogens (tertiary/aromatic N) is 5. The maximum atomic E-state index is 5.47. The molecule has 0 fully saturated rings. The van der Waals surface area contributed by atoms with Crippen LogP contribution in [0.1, 0.15) is 22.3 Å². The zero-order valence-corrected chi connectivity index (χ0v) is 40.1. The molecule has 0 bridgehead atoms. The first-order valence-electron chi connectivity index (χ1n) is 24.2. The minimum Gasteiger partial charge on any atom is -0.308 e. The lowest BCUT2D eigenvalue weighted by Gasteiger charge is -2.17. The Hall–Kier alpha value is -9.06. The van der Waals surface area contributed by atoms with E-state index in [1.807, 2.05) is 24.3 Å². The first kappa shape index (κ1) is 43.2. The lowest BCUT2D eigenvalue weighted by atomic mass is 9.95. The Labute approximate surface area is 414 Å². The molecule has 0 aliphatic heterocycles. The average molecular weight is 912 g/mol. The van der Waals surface area contributed by atoms with E-state index in [0.29, 0.717) is 11.6 Å². The van der Waals surface area contributed by atoms with Gasteiger partial charge in [-0.05, 0) is 116 Å². The van der Waals surface area contributed by atoms with Crippen molar-refractivity contribution in [2.75, 3.05) is 0 Å². The Morgan fingerprint density at radius 2 is 0.662 bits per heavy atom. The van der Waals surface area contributed by atoms with Gasteiger partial charge in [0.2, 0.25) is 0 Å². The molecule has 3 heterocycles. The highest BCUT2D eigenvalue weighted by Gasteiger charge is 2.22. The number of hydrogen-bond acceptors (Lipinski definition) is 4. The molecule has 5 heteroatoms. The normalized spacial score (nSPS) is 11.4. The molecule has 5 nitrogen and oxygen atoms in total. The van der Waals surface area contributed by atoms with Gasteiger partial charge in [0.05, 0.1) is 39.5 Å². The fourth-order valence-electron chi connectivity index (χ4n) is 10.1. The second kappa shape index (κ2) is 18.1. The summed E-state index contributed by atoms with van der Waals surface area (Å²) in [4.78, 5) is 21.5. The van der Waals surface area contributed by atoms with Gasteiger partial charge in [-0.15, -0.1) is 0 Å². The van der Waals surface area contributed by atoms with E-state index in [9.17, 15) is 0 Å². The maximum absolute atomic E-state index is 5.47. The van der Waals surface area contributed by atoms with Gasteiger partial charge in [-0.3, -0.25) is 0 Å². The van der Waals surface area contributed by atoms with Crippen molar-refractivity contribution in [1.82, 2.24) is 24.5 Å². The summed E-state index contributed by atoms with van der Waals surface area (Å²) in [6, 6.07) is 79.5. The highest BCUT2D eigenvalue weighted by atomic mass is 15.0. The van der Waals surface area contributed by atoms with Gasteiger partial charge in [0.25, 0.3) is 0 Å². The Bertz CT molecular complexity index is 3730. The highest BCUT2D eigenvalue weighted by Crippen LogP contribution is 2.42. The van der Waals surface area contributed by atoms with E-state index >= 15 is 0 Å². The number of aromatic nitrogens is 5. The van der Waals surface area contributed by atoms with Crippen molar-refractivity contribution >= 4 is 21.8 Å². The molecule has 0 spiro atoms. The maximum Gasteiger partial charge on any atom is 0.162 e. The van der Waals surface area contributed by atoms with Gasteiger partial charge < -0.3 is 4.57 Å². The molecule has 0 unspecified atom stereocenters. The Morgan fingerprint density at radius 3 is 1.06 bits per heavy atom. The van der Waals surface area contributed by atoms with Crippen molar-refractivity contribution in [3.63, 3.8) is 0 Å². The molecular weight excluding hydrogens is 863 g/mol. The smallest absolute Gasteiger partial charge is 0.162 e. The molecule has 0 radical (unpaired) electrons. The summed E-state index contributed by atoms with van der Waals surface area (Å²) >= 11 is 0. The molecule has 9 aromatic carbocycles. The summed E-state index contributed by atoms with van der Waals surface area (Å²) < 4.78 is 2.40. The Kier molecular flexibility index (Phi) is 11.0. The summed E-state index contributed by atoms with van der Waals surface area (Å²) in [5.41, 5.74) is 22.0. The van der Waals surface area contributed by atoms with Gasteiger partial charge in [0.15, 0.2) is 11.6 Å². The predicted molar refractivity (Wildman–Crippen MR) is 294 cm³/mol. The van der Waals surface area contributed by atoms with E-state index in [1.54, 1.807) is 0 Å². The molecule has 0 atom stereocenters. The van der Waals surface area contributed by atoms with Crippen molar-refractivity contribution in [2.45, 2.75) is 27.7 Å². The van der Waals surface area contributed by atoms with Gasteiger partial charge in [-0.2, -0.15) is 0 Å². The minimum absolute atomic E-state index is 0.596. The third-order valence-electron chi connectivity index (χ3n) is 13.6. The molecule has 0 N–H and O–H groups in total. The van der Waals surface area contributed by atoms with Crippen LogP contribution < -0.4 is 0 Å². The molecular formula is C66H49N5. The molecule has 0 amide bonds. The summed E-state index contributed by atoms with van der Waals surface area (Å²) in [5, 5.41) is 2.32. The van der Waals surface area contributed by atoms with Gasteiger partial charge in [-0.1, -0.05) is 181 Å². The van der Waals surface area contributed by atoms with Gasteiger partial charge >= 0.3 is 0 Å². The van der Waals surface area contributed by atoms with Crippen LogP contribution in [-0.2, 0) is 0 Å². The van der Waals surface area contributed by atoms with Crippen molar-refractivity contribution in [3.05, 3.63) is 247 Å². The van der Waals surface area contributed by atoms with Crippen LogP contribution in [0.3, 0.4) is 0 Å². The molecule has 338 valence electrons. The van der Waals surface area contributed by atoms with Crippen LogP contribution in [0.15, 0.2) is 224 Å². The molecule has 3 aromatic heterocycles. The summed E-state index contributed by atoms with van der Waals surface area (Å²) in [6.07, 6.45) is 0. The van der Waals surface area contributed by atoms with E-state index in [4.69, 9.17) is 19.9 Å². The lowest BCUT2D eigenvalue weighted by Crippen LogP contribution is -2.03. The molecule has 0 saturated heterocycles. The third-order valence-corrected chi connectivity index (χ3v) is 13.6. The first-order chi connectivity index (χ1) is 34.8. The van der Waals surface area contributed by atoms with E-state index < -0.39 is 0 Å². The second-order valence-electron chi connectivity index (χ2n) is 18.6. The lowest BCUT2D eigenvalue weighted by molar-refractivity contribution is 1.13. The van der Waals surface area contributed by atoms with Crippen LogP contribution in [0.2, 0.25) is 0 Å². The monoisotopic (exact) mass is 911 g/mol. The quantitative estimate of drug-likeness (QED) is 0.145. The van der Waals surface area contributed by atoms with Crippen molar-refractivity contribution in [3.8, 4) is 95.7 Å². The largest absolute Gasteiger partial charge is 0.308 e. The van der Waals surface area contributed by atoms with E-state index in [0.717, 1.165) is 83.6 Å². The molecule has 0 aliphatic rings. The van der Waals surface area contributed by atoms with E-state index in [-0.39, 0.29) is 0 Å². The van der Waals surface area contributed by atoms with E-state index in [2.05, 4.69) is 232 Å². The summed E-state index contributed by atoms with van der Waals surface area (Å²) in [7, 11) is 0. The van der Waals surface area contributed by atoms with Gasteiger partial charge in [0.1, 0.15) is 0 Å². The fraction of sp³-hybridized carbons (Fsp3) is 0.0606. The van der Waals surface area contributed by atoms with Crippen LogP contribution in [0.4, 0.5) is 0 Å². The fourth-order valence-corrected chi connectivity index (χ4v) is 10.1.